The van der Waals surface area contributed by atoms with Crippen LogP contribution in [0.4, 0.5) is 5.69 Å². The van der Waals surface area contributed by atoms with E-state index in [4.69, 9.17) is 15.1 Å². The minimum absolute atomic E-state index is 0.144. The molecule has 152 valence electrons. The van der Waals surface area contributed by atoms with Gasteiger partial charge in [0.15, 0.2) is 5.58 Å². The van der Waals surface area contributed by atoms with Crippen molar-refractivity contribution in [2.24, 2.45) is 11.7 Å². The first kappa shape index (κ1) is 18.6. The number of furan rings is 1. The number of rotatable bonds is 5. The van der Waals surface area contributed by atoms with Crippen LogP contribution in [0.3, 0.4) is 0 Å². The third-order valence-corrected chi connectivity index (χ3v) is 6.35. The third-order valence-electron chi connectivity index (χ3n) is 6.35. The highest BCUT2D eigenvalue weighted by molar-refractivity contribution is 5.77. The number of aliphatic hydroxyl groups is 1. The Balaban J connectivity index is 1.35. The van der Waals surface area contributed by atoms with Gasteiger partial charge < -0.3 is 20.2 Å². The molecule has 0 amide bonds. The topological polar surface area (TPSA) is 88.4 Å². The number of hydrogen-bond acceptors (Lipinski definition) is 6. The molecule has 4 heterocycles. The fourth-order valence-electron chi connectivity index (χ4n) is 4.49. The van der Waals surface area contributed by atoms with Gasteiger partial charge in [-0.05, 0) is 55.4 Å². The smallest absolute Gasteiger partial charge is 0.152 e. The van der Waals surface area contributed by atoms with Gasteiger partial charge in [-0.1, -0.05) is 6.92 Å². The average Bonchev–Trinajstić information content (AvgIpc) is 3.49. The van der Waals surface area contributed by atoms with Crippen molar-refractivity contribution in [3.05, 3.63) is 53.7 Å². The van der Waals surface area contributed by atoms with Crippen molar-refractivity contribution in [3.8, 4) is 0 Å². The summed E-state index contributed by atoms with van der Waals surface area (Å²) < 4.78 is 5.68. The second-order valence-electron chi connectivity index (χ2n) is 8.66. The van der Waals surface area contributed by atoms with E-state index in [1.165, 1.54) is 24.0 Å². The van der Waals surface area contributed by atoms with Crippen molar-refractivity contribution in [1.29, 1.82) is 0 Å². The Morgan fingerprint density at radius 1 is 1.21 bits per heavy atom. The highest BCUT2D eigenvalue weighted by Gasteiger charge is 2.31. The molecule has 3 aromatic rings. The van der Waals surface area contributed by atoms with E-state index in [2.05, 4.69) is 28.9 Å². The van der Waals surface area contributed by atoms with Crippen molar-refractivity contribution >= 4 is 16.8 Å². The van der Waals surface area contributed by atoms with E-state index in [0.717, 1.165) is 41.9 Å². The molecule has 3 N–H and O–H groups in total. The molecule has 6 nitrogen and oxygen atoms in total. The van der Waals surface area contributed by atoms with Crippen molar-refractivity contribution in [2.45, 2.75) is 50.7 Å². The molecule has 2 fully saturated rings. The lowest BCUT2D eigenvalue weighted by Gasteiger charge is -2.40. The van der Waals surface area contributed by atoms with Crippen molar-refractivity contribution in [1.82, 2.24) is 9.97 Å². The van der Waals surface area contributed by atoms with Crippen LogP contribution in [0, 0.1) is 5.92 Å². The molecule has 6 heteroatoms. The Labute approximate surface area is 170 Å². The molecular formula is C23H28N4O2. The van der Waals surface area contributed by atoms with E-state index in [0.29, 0.717) is 12.5 Å². The number of aliphatic hydroxyl groups excluding tert-OH is 1. The minimum Gasteiger partial charge on any atom is -0.462 e. The highest BCUT2D eigenvalue weighted by Crippen LogP contribution is 2.43. The number of aryl methyl sites for hydroxylation is 2. The van der Waals surface area contributed by atoms with Crippen LogP contribution in [0.15, 0.2) is 41.3 Å². The van der Waals surface area contributed by atoms with E-state index in [1.54, 1.807) is 0 Å². The molecular weight excluding hydrogens is 364 g/mol. The van der Waals surface area contributed by atoms with Crippen LogP contribution in [0.25, 0.3) is 11.1 Å². The van der Waals surface area contributed by atoms with Gasteiger partial charge in [0.2, 0.25) is 0 Å². The lowest BCUT2D eigenvalue weighted by molar-refractivity contribution is 0.0784. The maximum absolute atomic E-state index is 10.2. The summed E-state index contributed by atoms with van der Waals surface area (Å²) in [6.07, 6.45) is 9.41. The quantitative estimate of drug-likeness (QED) is 0.694. The molecule has 0 aromatic carbocycles. The second kappa shape index (κ2) is 7.43. The first-order valence-electron chi connectivity index (χ1n) is 10.6. The Morgan fingerprint density at radius 3 is 2.86 bits per heavy atom. The van der Waals surface area contributed by atoms with Gasteiger partial charge in [-0.3, -0.25) is 4.98 Å². The lowest BCUT2D eigenvalue weighted by atomic mass is 9.92. The standard InChI is InChI=1S/C23H28N4O2/c1-14-11-27(12-19(24)23(14)28)20-8-9-25-10-16(20)4-5-17-6-7-21-22(26-17)18(13-29-21)15-2-3-15/h6-10,13-15,19,23,28H,2-5,11-12,24H2,1H3/t14-,19+,23+/m0/s1. The number of nitrogens with two attached hydrogens (primary N) is 1. The maximum atomic E-state index is 10.2. The van der Waals surface area contributed by atoms with Crippen LogP contribution in [-0.2, 0) is 12.8 Å². The monoisotopic (exact) mass is 392 g/mol. The number of aromatic nitrogens is 2. The minimum atomic E-state index is -0.442. The number of anilines is 1. The van der Waals surface area contributed by atoms with Crippen LogP contribution in [0.5, 0.6) is 0 Å². The molecule has 1 aliphatic heterocycles. The SMILES string of the molecule is C[C@H]1CN(c2ccncc2CCc2ccc3occ(C4CC4)c3n2)C[C@@H](N)[C@@H]1O. The molecule has 1 saturated carbocycles. The van der Waals surface area contributed by atoms with Gasteiger partial charge in [0, 0.05) is 54.4 Å². The van der Waals surface area contributed by atoms with Crippen LogP contribution in [-0.4, -0.2) is 40.3 Å². The summed E-state index contributed by atoms with van der Waals surface area (Å²) >= 11 is 0. The number of piperidine rings is 1. The molecule has 0 radical (unpaired) electrons. The summed E-state index contributed by atoms with van der Waals surface area (Å²) in [4.78, 5) is 11.5. The molecule has 3 atom stereocenters. The van der Waals surface area contributed by atoms with Crippen molar-refractivity contribution in [2.75, 3.05) is 18.0 Å². The van der Waals surface area contributed by atoms with Crippen molar-refractivity contribution in [3.63, 3.8) is 0 Å². The fraction of sp³-hybridized carbons (Fsp3) is 0.478. The summed E-state index contributed by atoms with van der Waals surface area (Å²) in [5, 5.41) is 10.2. The van der Waals surface area contributed by atoms with E-state index >= 15 is 0 Å². The van der Waals surface area contributed by atoms with Crippen LogP contribution < -0.4 is 10.6 Å². The molecule has 2 aliphatic rings. The number of pyridine rings is 2. The molecule has 0 unspecified atom stereocenters. The first-order valence-corrected chi connectivity index (χ1v) is 10.6. The maximum Gasteiger partial charge on any atom is 0.152 e. The van der Waals surface area contributed by atoms with Gasteiger partial charge in [0.25, 0.3) is 0 Å². The second-order valence-corrected chi connectivity index (χ2v) is 8.66. The largest absolute Gasteiger partial charge is 0.462 e. The lowest BCUT2D eigenvalue weighted by Crippen LogP contribution is -2.55. The average molecular weight is 393 g/mol. The van der Waals surface area contributed by atoms with Crippen LogP contribution in [0.1, 0.15) is 42.5 Å². The van der Waals surface area contributed by atoms with E-state index in [1.807, 2.05) is 24.7 Å². The Hall–Kier alpha value is -2.44. The summed E-state index contributed by atoms with van der Waals surface area (Å²) in [7, 11) is 0. The van der Waals surface area contributed by atoms with Gasteiger partial charge in [0.05, 0.1) is 12.4 Å². The van der Waals surface area contributed by atoms with Gasteiger partial charge in [0.1, 0.15) is 5.52 Å². The van der Waals surface area contributed by atoms with Gasteiger partial charge in [-0.2, -0.15) is 0 Å². The summed E-state index contributed by atoms with van der Waals surface area (Å²) in [6, 6.07) is 5.93. The molecule has 1 aliphatic carbocycles. The third kappa shape index (κ3) is 3.63. The predicted molar refractivity (Wildman–Crippen MR) is 113 cm³/mol. The molecule has 29 heavy (non-hydrogen) atoms. The van der Waals surface area contributed by atoms with Crippen LogP contribution >= 0.6 is 0 Å². The summed E-state index contributed by atoms with van der Waals surface area (Å²) in [5.74, 6) is 0.773. The zero-order chi connectivity index (χ0) is 20.0. The molecule has 3 aromatic heterocycles. The summed E-state index contributed by atoms with van der Waals surface area (Å²) in [5.41, 5.74) is 12.8. The zero-order valence-corrected chi connectivity index (χ0v) is 16.8. The van der Waals surface area contributed by atoms with Gasteiger partial charge in [-0.15, -0.1) is 0 Å². The molecule has 1 saturated heterocycles. The van der Waals surface area contributed by atoms with E-state index in [-0.39, 0.29) is 12.0 Å². The predicted octanol–water partition coefficient (Wildman–Crippen LogP) is 3.03. The van der Waals surface area contributed by atoms with Gasteiger partial charge >= 0.3 is 0 Å². The van der Waals surface area contributed by atoms with Gasteiger partial charge in [-0.25, -0.2) is 4.98 Å². The molecule has 0 bridgehead atoms. The first-order chi connectivity index (χ1) is 14.1. The normalized spacial score (nSPS) is 24.9. The van der Waals surface area contributed by atoms with Crippen LogP contribution in [0.2, 0.25) is 0 Å². The zero-order valence-electron chi connectivity index (χ0n) is 16.8. The highest BCUT2D eigenvalue weighted by atomic mass is 16.3. The Kier molecular flexibility index (Phi) is 4.76. The Morgan fingerprint density at radius 2 is 2.07 bits per heavy atom. The number of hydrogen-bond donors (Lipinski definition) is 2. The fourth-order valence-corrected chi connectivity index (χ4v) is 4.49. The molecule has 0 spiro atoms. The Bertz CT molecular complexity index is 1000. The van der Waals surface area contributed by atoms with E-state index < -0.39 is 6.10 Å². The number of nitrogens with zero attached hydrogens (tertiary/aromatic N) is 3. The number of fused-ring (bicyclic) bond motifs is 1. The molecule has 5 rings (SSSR count). The van der Waals surface area contributed by atoms with Crippen molar-refractivity contribution < 1.29 is 9.52 Å². The van der Waals surface area contributed by atoms with E-state index in [9.17, 15) is 5.11 Å². The summed E-state index contributed by atoms with van der Waals surface area (Å²) in [6.45, 7) is 3.52.